The van der Waals surface area contributed by atoms with Gasteiger partial charge in [-0.1, -0.05) is 24.3 Å². The summed E-state index contributed by atoms with van der Waals surface area (Å²) in [6.45, 7) is 4.23. The normalized spacial score (nSPS) is 14.4. The van der Waals surface area contributed by atoms with E-state index in [9.17, 15) is 0 Å². The van der Waals surface area contributed by atoms with E-state index in [-0.39, 0.29) is 0 Å². The number of hydrogen-bond acceptors (Lipinski definition) is 3. The van der Waals surface area contributed by atoms with Crippen LogP contribution in [-0.4, -0.2) is 0 Å². The molecular weight excluding hydrogens is 204 g/mol. The van der Waals surface area contributed by atoms with E-state index in [4.69, 9.17) is 0 Å². The van der Waals surface area contributed by atoms with Crippen molar-refractivity contribution < 1.29 is 0 Å². The maximum Gasteiger partial charge on any atom is 0.113 e. The number of aryl methyl sites for hydroxylation is 2. The summed E-state index contributed by atoms with van der Waals surface area (Å²) in [4.78, 5) is 0. The summed E-state index contributed by atoms with van der Waals surface area (Å²) in [5.74, 6) is 1.03. The minimum Gasteiger partial charge on any atom is -0.341 e. The first-order valence-electron chi connectivity index (χ1n) is 4.89. The third kappa shape index (κ3) is 2.36. The van der Waals surface area contributed by atoms with Gasteiger partial charge in [0.25, 0.3) is 0 Å². The lowest BCUT2D eigenvalue weighted by Crippen LogP contribution is -2.14. The quantitative estimate of drug-likeness (QED) is 0.745. The summed E-state index contributed by atoms with van der Waals surface area (Å²) in [7, 11) is 0. The van der Waals surface area contributed by atoms with Gasteiger partial charge in [-0.2, -0.15) is 0 Å². The number of rotatable bonds is 2. The Bertz CT molecular complexity index is 401. The number of allylic oxidation sites excluding steroid dienone is 2. The smallest absolute Gasteiger partial charge is 0.113 e. The summed E-state index contributed by atoms with van der Waals surface area (Å²) in [6.07, 6.45) is 4.06. The summed E-state index contributed by atoms with van der Waals surface area (Å²) < 4.78 is 3.20. The standard InChI is InChI=1S/C12H14N2S/c1-9-5-3-6-10(2)12(9)13-11-7-4-8-15-14-11/h3-8,13-14H,1-2H3. The molecule has 1 aromatic rings. The maximum atomic E-state index is 3.40. The van der Waals surface area contributed by atoms with Crippen molar-refractivity contribution in [3.05, 3.63) is 52.7 Å². The van der Waals surface area contributed by atoms with Gasteiger partial charge in [-0.3, -0.25) is 0 Å². The lowest BCUT2D eigenvalue weighted by atomic mass is 10.1. The van der Waals surface area contributed by atoms with E-state index < -0.39 is 0 Å². The number of hydrogen-bond donors (Lipinski definition) is 2. The summed E-state index contributed by atoms with van der Waals surface area (Å²) in [5.41, 5.74) is 3.71. The van der Waals surface area contributed by atoms with Crippen molar-refractivity contribution in [2.45, 2.75) is 13.8 Å². The Morgan fingerprint density at radius 2 is 1.93 bits per heavy atom. The first-order chi connectivity index (χ1) is 7.27. The van der Waals surface area contributed by atoms with Crippen LogP contribution < -0.4 is 10.0 Å². The SMILES string of the molecule is Cc1cccc(C)c1NC1=CC=CSN1. The molecule has 0 atom stereocenters. The Labute approximate surface area is 94.6 Å². The second-order valence-corrected chi connectivity index (χ2v) is 4.23. The Morgan fingerprint density at radius 3 is 2.53 bits per heavy atom. The molecule has 1 aliphatic heterocycles. The van der Waals surface area contributed by atoms with E-state index >= 15 is 0 Å². The molecule has 3 heteroatoms. The molecule has 0 saturated carbocycles. The molecule has 0 amide bonds. The molecule has 1 aromatic carbocycles. The summed E-state index contributed by atoms with van der Waals surface area (Å²) in [6, 6.07) is 6.30. The number of anilines is 1. The van der Waals surface area contributed by atoms with Crippen molar-refractivity contribution in [1.82, 2.24) is 4.72 Å². The largest absolute Gasteiger partial charge is 0.341 e. The Hall–Kier alpha value is -1.35. The van der Waals surface area contributed by atoms with Crippen molar-refractivity contribution in [3.63, 3.8) is 0 Å². The van der Waals surface area contributed by atoms with Gasteiger partial charge in [-0.25, -0.2) is 0 Å². The molecule has 0 aliphatic carbocycles. The highest BCUT2D eigenvalue weighted by Crippen LogP contribution is 2.22. The van der Waals surface area contributed by atoms with Gasteiger partial charge >= 0.3 is 0 Å². The molecule has 2 N–H and O–H groups in total. The van der Waals surface area contributed by atoms with Gasteiger partial charge in [-0.15, -0.1) is 0 Å². The fourth-order valence-corrected chi connectivity index (χ4v) is 1.99. The first kappa shape index (κ1) is 10.2. The zero-order valence-corrected chi connectivity index (χ0v) is 9.69. The van der Waals surface area contributed by atoms with Crippen LogP contribution in [0.15, 0.2) is 41.6 Å². The molecule has 1 aliphatic rings. The van der Waals surface area contributed by atoms with Crippen molar-refractivity contribution >= 4 is 17.6 Å². The lowest BCUT2D eigenvalue weighted by Gasteiger charge is -2.17. The van der Waals surface area contributed by atoms with E-state index in [1.165, 1.54) is 16.8 Å². The zero-order chi connectivity index (χ0) is 10.7. The van der Waals surface area contributed by atoms with E-state index in [0.717, 1.165) is 5.82 Å². The minimum absolute atomic E-state index is 1.03. The van der Waals surface area contributed by atoms with E-state index in [0.29, 0.717) is 0 Å². The van der Waals surface area contributed by atoms with Gasteiger partial charge < -0.3 is 10.0 Å². The van der Waals surface area contributed by atoms with Gasteiger partial charge in [0, 0.05) is 5.69 Å². The molecule has 1 heterocycles. The number of benzene rings is 1. The number of para-hydroxylation sites is 1. The molecule has 0 aromatic heterocycles. The predicted octanol–water partition coefficient (Wildman–Crippen LogP) is 3.32. The highest BCUT2D eigenvalue weighted by atomic mass is 32.2. The molecule has 0 spiro atoms. The lowest BCUT2D eigenvalue weighted by molar-refractivity contribution is 1.18. The summed E-state index contributed by atoms with van der Waals surface area (Å²) >= 11 is 1.57. The number of nitrogens with one attached hydrogen (secondary N) is 2. The molecule has 78 valence electrons. The molecular formula is C12H14N2S. The fourth-order valence-electron chi connectivity index (χ4n) is 1.52. The van der Waals surface area contributed by atoms with E-state index in [1.54, 1.807) is 11.9 Å². The Balaban J connectivity index is 2.23. The highest BCUT2D eigenvalue weighted by Gasteiger charge is 2.04. The van der Waals surface area contributed by atoms with Crippen LogP contribution in [-0.2, 0) is 0 Å². The Kier molecular flexibility index (Phi) is 3.02. The van der Waals surface area contributed by atoms with Gasteiger partial charge in [0.15, 0.2) is 0 Å². The van der Waals surface area contributed by atoms with Crippen LogP contribution in [0.4, 0.5) is 5.69 Å². The van der Waals surface area contributed by atoms with E-state index in [1.807, 2.05) is 17.6 Å². The van der Waals surface area contributed by atoms with Crippen LogP contribution in [0.3, 0.4) is 0 Å². The molecule has 15 heavy (non-hydrogen) atoms. The van der Waals surface area contributed by atoms with Crippen LogP contribution >= 0.6 is 11.9 Å². The van der Waals surface area contributed by atoms with Crippen LogP contribution in [0.5, 0.6) is 0 Å². The average Bonchev–Trinajstić information content (AvgIpc) is 2.25. The first-order valence-corrected chi connectivity index (χ1v) is 5.77. The molecule has 0 saturated heterocycles. The molecule has 0 radical (unpaired) electrons. The maximum absolute atomic E-state index is 3.40. The minimum atomic E-state index is 1.03. The Morgan fingerprint density at radius 1 is 1.20 bits per heavy atom. The van der Waals surface area contributed by atoms with Crippen LogP contribution in [0, 0.1) is 13.8 Å². The van der Waals surface area contributed by atoms with Crippen LogP contribution in [0.2, 0.25) is 0 Å². The van der Waals surface area contributed by atoms with Crippen molar-refractivity contribution in [2.75, 3.05) is 5.32 Å². The van der Waals surface area contributed by atoms with Gasteiger partial charge in [0.1, 0.15) is 5.82 Å². The molecule has 2 rings (SSSR count). The third-order valence-electron chi connectivity index (χ3n) is 2.32. The topological polar surface area (TPSA) is 24.1 Å². The molecule has 0 bridgehead atoms. The van der Waals surface area contributed by atoms with Crippen molar-refractivity contribution in [2.24, 2.45) is 0 Å². The van der Waals surface area contributed by atoms with Crippen molar-refractivity contribution in [3.8, 4) is 0 Å². The highest BCUT2D eigenvalue weighted by molar-refractivity contribution is 8.00. The second-order valence-electron chi connectivity index (χ2n) is 3.52. The molecule has 2 nitrogen and oxygen atoms in total. The van der Waals surface area contributed by atoms with Crippen LogP contribution in [0.25, 0.3) is 0 Å². The predicted molar refractivity (Wildman–Crippen MR) is 67.5 cm³/mol. The fraction of sp³-hybridized carbons (Fsp3) is 0.167. The van der Waals surface area contributed by atoms with Gasteiger partial charge in [0.2, 0.25) is 0 Å². The van der Waals surface area contributed by atoms with E-state index in [2.05, 4.69) is 42.1 Å². The van der Waals surface area contributed by atoms with Crippen LogP contribution in [0.1, 0.15) is 11.1 Å². The summed E-state index contributed by atoms with van der Waals surface area (Å²) in [5, 5.41) is 5.41. The molecule has 0 fully saturated rings. The van der Waals surface area contributed by atoms with Gasteiger partial charge in [-0.05, 0) is 48.4 Å². The average molecular weight is 218 g/mol. The zero-order valence-electron chi connectivity index (χ0n) is 8.87. The monoisotopic (exact) mass is 218 g/mol. The molecule has 0 unspecified atom stereocenters. The third-order valence-corrected chi connectivity index (χ3v) is 2.95. The second kappa shape index (κ2) is 4.45. The van der Waals surface area contributed by atoms with Gasteiger partial charge in [0.05, 0.1) is 0 Å². The van der Waals surface area contributed by atoms with Crippen molar-refractivity contribution in [1.29, 1.82) is 0 Å².